The molecule has 0 bridgehead atoms. The fourth-order valence-corrected chi connectivity index (χ4v) is 5.11. The number of benzene rings is 1. The molecule has 4 atom stereocenters. The predicted octanol–water partition coefficient (Wildman–Crippen LogP) is 4.07. The Balaban J connectivity index is 1.63. The number of allylic oxidation sites excluding steroid dienone is 2. The van der Waals surface area contributed by atoms with Crippen molar-refractivity contribution in [2.75, 3.05) is 26.7 Å². The van der Waals surface area contributed by atoms with Crippen molar-refractivity contribution >= 4 is 11.8 Å². The van der Waals surface area contributed by atoms with Crippen LogP contribution in [0.25, 0.3) is 0 Å². The van der Waals surface area contributed by atoms with Crippen molar-refractivity contribution in [3.63, 3.8) is 0 Å². The largest absolute Gasteiger partial charge is 0.508 e. The molecule has 1 aliphatic heterocycles. The van der Waals surface area contributed by atoms with Gasteiger partial charge in [-0.15, -0.1) is 0 Å². The fraction of sp³-hybridized carbons (Fsp3) is 0.571. The second kappa shape index (κ2) is 11.9. The summed E-state index contributed by atoms with van der Waals surface area (Å²) >= 11 is 0. The van der Waals surface area contributed by atoms with Crippen LogP contribution < -0.4 is 15.4 Å². The SMILES string of the molecule is COc1ccc(C2CN(C(C)(C)C)CC2C(=O)NCCCC(NC(C)=O)C2C=CC(O)=CC2)c(F)c1. The molecule has 7 nitrogen and oxygen atoms in total. The first-order valence-corrected chi connectivity index (χ1v) is 12.7. The molecular formula is C28H40FN3O4. The highest BCUT2D eigenvalue weighted by Gasteiger charge is 2.42. The first-order chi connectivity index (χ1) is 17.0. The summed E-state index contributed by atoms with van der Waals surface area (Å²) in [7, 11) is 1.50. The van der Waals surface area contributed by atoms with E-state index in [2.05, 4.69) is 36.3 Å². The minimum absolute atomic E-state index is 0.0796. The number of aliphatic hydroxyl groups is 1. The Morgan fingerprint density at radius 2 is 2.03 bits per heavy atom. The van der Waals surface area contributed by atoms with Gasteiger partial charge in [0.05, 0.1) is 13.0 Å². The highest BCUT2D eigenvalue weighted by molar-refractivity contribution is 5.80. The number of hydrogen-bond acceptors (Lipinski definition) is 5. The van der Waals surface area contributed by atoms with Crippen molar-refractivity contribution in [3.05, 3.63) is 53.6 Å². The van der Waals surface area contributed by atoms with Crippen LogP contribution in [-0.4, -0.2) is 60.1 Å². The number of halogens is 1. The molecule has 36 heavy (non-hydrogen) atoms. The Labute approximate surface area is 213 Å². The van der Waals surface area contributed by atoms with Gasteiger partial charge in [-0.1, -0.05) is 12.1 Å². The molecule has 1 saturated heterocycles. The van der Waals surface area contributed by atoms with Gasteiger partial charge in [0, 0.05) is 56.0 Å². The molecule has 8 heteroatoms. The van der Waals surface area contributed by atoms with E-state index < -0.39 is 0 Å². The molecule has 0 spiro atoms. The van der Waals surface area contributed by atoms with Gasteiger partial charge in [0.2, 0.25) is 11.8 Å². The van der Waals surface area contributed by atoms with Crippen molar-refractivity contribution in [2.45, 2.75) is 64.5 Å². The molecule has 4 unspecified atom stereocenters. The van der Waals surface area contributed by atoms with E-state index in [9.17, 15) is 19.1 Å². The first kappa shape index (κ1) is 27.7. The second-order valence-corrected chi connectivity index (χ2v) is 10.8. The highest BCUT2D eigenvalue weighted by atomic mass is 19.1. The Bertz CT molecular complexity index is 1000. The minimum Gasteiger partial charge on any atom is -0.508 e. The summed E-state index contributed by atoms with van der Waals surface area (Å²) in [5, 5.41) is 15.7. The number of methoxy groups -OCH3 is 1. The van der Waals surface area contributed by atoms with Crippen molar-refractivity contribution in [2.24, 2.45) is 11.8 Å². The zero-order valence-corrected chi connectivity index (χ0v) is 22.0. The number of carbonyl (C=O) groups is 2. The molecule has 2 aliphatic rings. The molecule has 2 amide bonds. The average Bonchev–Trinajstić information content (AvgIpc) is 3.27. The summed E-state index contributed by atoms with van der Waals surface area (Å²) in [6, 6.07) is 4.77. The number of ether oxygens (including phenoxy) is 1. The van der Waals surface area contributed by atoms with E-state index in [4.69, 9.17) is 4.74 Å². The number of nitrogens with one attached hydrogen (secondary N) is 2. The van der Waals surface area contributed by atoms with E-state index in [1.54, 1.807) is 24.3 Å². The van der Waals surface area contributed by atoms with E-state index in [0.717, 1.165) is 0 Å². The maximum Gasteiger partial charge on any atom is 0.225 e. The summed E-state index contributed by atoms with van der Waals surface area (Å²) in [6.45, 7) is 9.43. The van der Waals surface area contributed by atoms with Crippen molar-refractivity contribution in [1.82, 2.24) is 15.5 Å². The molecule has 3 N–H and O–H groups in total. The van der Waals surface area contributed by atoms with Gasteiger partial charge in [-0.3, -0.25) is 14.5 Å². The average molecular weight is 502 g/mol. The van der Waals surface area contributed by atoms with Crippen LogP contribution in [0.1, 0.15) is 58.4 Å². The van der Waals surface area contributed by atoms with Gasteiger partial charge in [-0.05, 0) is 63.8 Å². The Morgan fingerprint density at radius 1 is 1.28 bits per heavy atom. The second-order valence-electron chi connectivity index (χ2n) is 10.8. The maximum atomic E-state index is 15.0. The number of amides is 2. The molecule has 1 aromatic rings. The van der Waals surface area contributed by atoms with Gasteiger partial charge in [0.1, 0.15) is 17.3 Å². The van der Waals surface area contributed by atoms with Gasteiger partial charge in [0.15, 0.2) is 0 Å². The van der Waals surface area contributed by atoms with Crippen LogP contribution in [0.15, 0.2) is 42.2 Å². The van der Waals surface area contributed by atoms with E-state index in [0.29, 0.717) is 50.2 Å². The summed E-state index contributed by atoms with van der Waals surface area (Å²) in [6.07, 6.45) is 7.36. The van der Waals surface area contributed by atoms with Gasteiger partial charge < -0.3 is 20.5 Å². The van der Waals surface area contributed by atoms with Gasteiger partial charge >= 0.3 is 0 Å². The lowest BCUT2D eigenvalue weighted by Crippen LogP contribution is -2.41. The number of likely N-dealkylation sites (tertiary alicyclic amines) is 1. The molecule has 1 aliphatic carbocycles. The molecule has 0 radical (unpaired) electrons. The van der Waals surface area contributed by atoms with Gasteiger partial charge in [-0.2, -0.15) is 0 Å². The van der Waals surface area contributed by atoms with Crippen molar-refractivity contribution in [3.8, 4) is 5.75 Å². The molecule has 0 aromatic heterocycles. The van der Waals surface area contributed by atoms with Gasteiger partial charge in [0.25, 0.3) is 0 Å². The van der Waals surface area contributed by atoms with Crippen molar-refractivity contribution in [1.29, 1.82) is 0 Å². The Hall–Kier alpha value is -2.87. The third kappa shape index (κ3) is 7.09. The van der Waals surface area contributed by atoms with E-state index in [-0.39, 0.29) is 52.7 Å². The zero-order chi connectivity index (χ0) is 26.5. The van der Waals surface area contributed by atoms with Crippen LogP contribution in [0.5, 0.6) is 5.75 Å². The lowest BCUT2D eigenvalue weighted by atomic mass is 9.87. The van der Waals surface area contributed by atoms with Crippen LogP contribution in [-0.2, 0) is 9.59 Å². The standard InChI is InChI=1S/C28H40FN3O4/c1-18(33)31-26(19-8-10-20(34)11-9-19)7-6-14-30-27(35)24-17-32(28(2,3)4)16-23(24)22-13-12-21(36-5)15-25(22)29/h8,10-13,15,19,23-24,26,34H,6-7,9,14,16-17H2,1-5H3,(H,30,35)(H,31,33). The van der Waals surface area contributed by atoms with Gasteiger partial charge in [-0.25, -0.2) is 4.39 Å². The molecule has 1 fully saturated rings. The summed E-state index contributed by atoms with van der Waals surface area (Å²) < 4.78 is 20.1. The quantitative estimate of drug-likeness (QED) is 0.444. The minimum atomic E-state index is -0.368. The lowest BCUT2D eigenvalue weighted by molar-refractivity contribution is -0.125. The van der Waals surface area contributed by atoms with Crippen molar-refractivity contribution < 1.29 is 23.8 Å². The predicted molar refractivity (Wildman–Crippen MR) is 138 cm³/mol. The fourth-order valence-electron chi connectivity index (χ4n) is 5.11. The number of nitrogens with zero attached hydrogens (tertiary/aromatic N) is 1. The van der Waals surface area contributed by atoms with E-state index in [1.807, 2.05) is 6.08 Å². The van der Waals surface area contributed by atoms with Crippen LogP contribution in [0.4, 0.5) is 4.39 Å². The molecule has 1 heterocycles. The smallest absolute Gasteiger partial charge is 0.225 e. The van der Waals surface area contributed by atoms with Crippen LogP contribution in [0.3, 0.4) is 0 Å². The summed E-state index contributed by atoms with van der Waals surface area (Å²) in [5.74, 6) is -0.372. The van der Waals surface area contributed by atoms with E-state index in [1.165, 1.54) is 20.1 Å². The normalized spacial score (nSPS) is 23.2. The molecule has 1 aromatic carbocycles. The molecule has 3 rings (SSSR count). The topological polar surface area (TPSA) is 90.9 Å². The molecule has 0 saturated carbocycles. The van der Waals surface area contributed by atoms with E-state index >= 15 is 0 Å². The Morgan fingerprint density at radius 3 is 2.61 bits per heavy atom. The number of aliphatic hydroxyl groups excluding tert-OH is 1. The Kier molecular flexibility index (Phi) is 9.17. The first-order valence-electron chi connectivity index (χ1n) is 12.7. The summed E-state index contributed by atoms with van der Waals surface area (Å²) in [5.41, 5.74) is 0.395. The third-order valence-corrected chi connectivity index (χ3v) is 7.22. The molecular weight excluding hydrogens is 461 g/mol. The highest BCUT2D eigenvalue weighted by Crippen LogP contribution is 2.38. The number of carbonyl (C=O) groups excluding carboxylic acids is 2. The number of hydrogen-bond donors (Lipinski definition) is 3. The monoisotopic (exact) mass is 501 g/mol. The van der Waals surface area contributed by atoms with Crippen LogP contribution in [0, 0.1) is 17.7 Å². The summed E-state index contributed by atoms with van der Waals surface area (Å²) in [4.78, 5) is 27.2. The third-order valence-electron chi connectivity index (χ3n) is 7.22. The lowest BCUT2D eigenvalue weighted by Gasteiger charge is -2.31. The van der Waals surface area contributed by atoms with Crippen LogP contribution in [0.2, 0.25) is 0 Å². The van der Waals surface area contributed by atoms with Crippen LogP contribution >= 0.6 is 0 Å². The number of rotatable bonds is 9. The molecule has 198 valence electrons. The zero-order valence-electron chi connectivity index (χ0n) is 22.0. The maximum absolute atomic E-state index is 15.0.